The Bertz CT molecular complexity index is 290. The molecule has 0 saturated carbocycles. The van der Waals surface area contributed by atoms with E-state index in [2.05, 4.69) is 16.8 Å². The smallest absolute Gasteiger partial charge is 0.329 e. The maximum Gasteiger partial charge on any atom is 0.329 e. The molecule has 0 bridgehead atoms. The van der Waals surface area contributed by atoms with E-state index in [0.29, 0.717) is 5.41 Å². The fourth-order valence-corrected chi connectivity index (χ4v) is 2.76. The van der Waals surface area contributed by atoms with Crippen molar-refractivity contribution in [2.45, 2.75) is 12.8 Å². The van der Waals surface area contributed by atoms with Crippen molar-refractivity contribution in [3.8, 4) is 0 Å². The summed E-state index contributed by atoms with van der Waals surface area (Å²) in [6, 6.07) is 0. The van der Waals surface area contributed by atoms with E-state index in [1.807, 2.05) is 0 Å². The van der Waals surface area contributed by atoms with Crippen LogP contribution in [0.4, 0.5) is 0 Å². The molecule has 2 aliphatic rings. The van der Waals surface area contributed by atoms with Crippen LogP contribution in [0.2, 0.25) is 0 Å². The number of nitrogens with zero attached hydrogens (tertiary/aromatic N) is 2. The van der Waals surface area contributed by atoms with E-state index in [1.54, 1.807) is 6.20 Å². The number of carbonyl (C=O) groups is 1. The largest absolute Gasteiger partial charge is 0.478 e. The summed E-state index contributed by atoms with van der Waals surface area (Å²) in [5, 5.41) is 8.55. The molecule has 1 unspecified atom stereocenters. The van der Waals surface area contributed by atoms with Gasteiger partial charge in [-0.3, -0.25) is 0 Å². The Morgan fingerprint density at radius 1 is 1.33 bits per heavy atom. The molecule has 2 rings (SSSR count). The van der Waals surface area contributed by atoms with E-state index >= 15 is 0 Å². The third-order valence-electron chi connectivity index (χ3n) is 3.52. The molecule has 2 aliphatic heterocycles. The average Bonchev–Trinajstić information content (AvgIpc) is 2.72. The molecule has 1 N–H and O–H groups in total. The third-order valence-corrected chi connectivity index (χ3v) is 3.52. The monoisotopic (exact) mass is 210 g/mol. The van der Waals surface area contributed by atoms with Gasteiger partial charge in [-0.1, -0.05) is 0 Å². The fraction of sp³-hybridized carbons (Fsp3) is 0.727. The number of aliphatic carboxylic acids is 1. The van der Waals surface area contributed by atoms with Crippen molar-refractivity contribution in [1.29, 1.82) is 0 Å². The Kier molecular flexibility index (Phi) is 2.69. The maximum absolute atomic E-state index is 10.4. The van der Waals surface area contributed by atoms with Crippen LogP contribution >= 0.6 is 0 Å². The Morgan fingerprint density at radius 2 is 2.07 bits per heavy atom. The number of carboxylic acid groups (broad SMARTS) is 1. The number of carboxylic acids is 1. The highest BCUT2D eigenvalue weighted by molar-refractivity contribution is 5.79. The summed E-state index contributed by atoms with van der Waals surface area (Å²) >= 11 is 0. The number of hydrogen-bond acceptors (Lipinski definition) is 3. The van der Waals surface area contributed by atoms with Crippen molar-refractivity contribution in [1.82, 2.24) is 9.80 Å². The lowest BCUT2D eigenvalue weighted by atomic mass is 9.86. The van der Waals surface area contributed by atoms with Crippen LogP contribution in [0.25, 0.3) is 0 Å². The van der Waals surface area contributed by atoms with Gasteiger partial charge in [-0.05, 0) is 26.4 Å². The van der Waals surface area contributed by atoms with Gasteiger partial charge in [-0.25, -0.2) is 4.79 Å². The lowest BCUT2D eigenvalue weighted by Crippen LogP contribution is -2.27. The first-order valence-electron chi connectivity index (χ1n) is 5.43. The van der Waals surface area contributed by atoms with Crippen molar-refractivity contribution in [3.63, 3.8) is 0 Å². The SMILES string of the molecule is CN1CCC2(CCN(/C=C/C(=O)O)C2)C1. The van der Waals surface area contributed by atoms with Gasteiger partial charge in [0.2, 0.25) is 0 Å². The second kappa shape index (κ2) is 3.85. The van der Waals surface area contributed by atoms with Gasteiger partial charge in [0.15, 0.2) is 0 Å². The van der Waals surface area contributed by atoms with E-state index in [4.69, 9.17) is 5.11 Å². The summed E-state index contributed by atoms with van der Waals surface area (Å²) in [6.45, 7) is 4.35. The van der Waals surface area contributed by atoms with Crippen molar-refractivity contribution in [3.05, 3.63) is 12.3 Å². The first-order valence-corrected chi connectivity index (χ1v) is 5.43. The van der Waals surface area contributed by atoms with E-state index < -0.39 is 5.97 Å². The van der Waals surface area contributed by atoms with Gasteiger partial charge >= 0.3 is 5.97 Å². The minimum Gasteiger partial charge on any atom is -0.478 e. The molecular formula is C11H18N2O2. The second-order valence-corrected chi connectivity index (χ2v) is 4.86. The van der Waals surface area contributed by atoms with Crippen LogP contribution in [0, 0.1) is 5.41 Å². The zero-order valence-corrected chi connectivity index (χ0v) is 9.15. The molecule has 15 heavy (non-hydrogen) atoms. The molecule has 0 aromatic heterocycles. The second-order valence-electron chi connectivity index (χ2n) is 4.86. The van der Waals surface area contributed by atoms with Crippen LogP contribution in [0.3, 0.4) is 0 Å². The van der Waals surface area contributed by atoms with Gasteiger partial charge in [-0.2, -0.15) is 0 Å². The molecule has 0 aromatic carbocycles. The topological polar surface area (TPSA) is 43.8 Å². The van der Waals surface area contributed by atoms with Crippen molar-refractivity contribution in [2.75, 3.05) is 33.2 Å². The minimum absolute atomic E-state index is 0.428. The minimum atomic E-state index is -0.862. The predicted octanol–water partition coefficient (Wildman–Crippen LogP) is 0.612. The number of likely N-dealkylation sites (tertiary alicyclic amines) is 2. The Morgan fingerprint density at radius 3 is 2.67 bits per heavy atom. The molecular weight excluding hydrogens is 192 g/mol. The van der Waals surface area contributed by atoms with Gasteiger partial charge in [0.1, 0.15) is 0 Å². The summed E-state index contributed by atoms with van der Waals surface area (Å²) in [5.41, 5.74) is 0.428. The van der Waals surface area contributed by atoms with Crippen LogP contribution in [0.1, 0.15) is 12.8 Å². The molecule has 0 radical (unpaired) electrons. The standard InChI is InChI=1S/C11H18N2O2/c1-12-6-3-11(8-12)4-7-13(9-11)5-2-10(14)15/h2,5H,3-4,6-9H2,1H3,(H,14,15)/b5-2+. The highest BCUT2D eigenvalue weighted by atomic mass is 16.4. The summed E-state index contributed by atoms with van der Waals surface area (Å²) in [5.74, 6) is -0.862. The van der Waals surface area contributed by atoms with Crippen LogP contribution in [-0.4, -0.2) is 54.1 Å². The molecule has 1 spiro atoms. The number of rotatable bonds is 2. The summed E-state index contributed by atoms with van der Waals surface area (Å²) in [4.78, 5) is 14.9. The van der Waals surface area contributed by atoms with Crippen LogP contribution in [0.15, 0.2) is 12.3 Å². The molecule has 0 aromatic rings. The molecule has 2 saturated heterocycles. The molecule has 1 atom stereocenters. The third kappa shape index (κ3) is 2.31. The molecule has 84 valence electrons. The molecule has 0 aliphatic carbocycles. The average molecular weight is 210 g/mol. The Balaban J connectivity index is 1.92. The quantitative estimate of drug-likeness (QED) is 0.678. The number of hydrogen-bond donors (Lipinski definition) is 1. The molecule has 2 heterocycles. The maximum atomic E-state index is 10.4. The van der Waals surface area contributed by atoms with Crippen LogP contribution in [0.5, 0.6) is 0 Å². The van der Waals surface area contributed by atoms with E-state index in [9.17, 15) is 4.79 Å². The molecule has 4 nitrogen and oxygen atoms in total. The van der Waals surface area contributed by atoms with E-state index in [1.165, 1.54) is 25.5 Å². The lowest BCUT2D eigenvalue weighted by Gasteiger charge is -2.22. The van der Waals surface area contributed by atoms with Crippen LogP contribution in [-0.2, 0) is 4.79 Å². The normalized spacial score (nSPS) is 32.2. The van der Waals surface area contributed by atoms with Gasteiger partial charge in [0.25, 0.3) is 0 Å². The molecule has 4 heteroatoms. The predicted molar refractivity (Wildman–Crippen MR) is 57.5 cm³/mol. The summed E-state index contributed by atoms with van der Waals surface area (Å²) in [6.07, 6.45) is 5.40. The first-order chi connectivity index (χ1) is 7.10. The lowest BCUT2D eigenvalue weighted by molar-refractivity contribution is -0.131. The van der Waals surface area contributed by atoms with Crippen LogP contribution < -0.4 is 0 Å². The van der Waals surface area contributed by atoms with Gasteiger partial charge in [-0.15, -0.1) is 0 Å². The highest BCUT2D eigenvalue weighted by Gasteiger charge is 2.41. The zero-order valence-electron chi connectivity index (χ0n) is 9.15. The van der Waals surface area contributed by atoms with Crippen molar-refractivity contribution in [2.24, 2.45) is 5.41 Å². The molecule has 2 fully saturated rings. The van der Waals surface area contributed by atoms with Crippen molar-refractivity contribution < 1.29 is 9.90 Å². The van der Waals surface area contributed by atoms with E-state index in [0.717, 1.165) is 19.6 Å². The molecule has 0 amide bonds. The van der Waals surface area contributed by atoms with Gasteiger partial charge in [0.05, 0.1) is 0 Å². The first kappa shape index (κ1) is 10.5. The highest BCUT2D eigenvalue weighted by Crippen LogP contribution is 2.38. The van der Waals surface area contributed by atoms with Crippen molar-refractivity contribution >= 4 is 5.97 Å². The van der Waals surface area contributed by atoms with Gasteiger partial charge < -0.3 is 14.9 Å². The Hall–Kier alpha value is -1.03. The Labute approximate surface area is 90.2 Å². The summed E-state index contributed by atoms with van der Waals surface area (Å²) < 4.78 is 0. The van der Waals surface area contributed by atoms with E-state index in [-0.39, 0.29) is 0 Å². The summed E-state index contributed by atoms with van der Waals surface area (Å²) in [7, 11) is 2.16. The fourth-order valence-electron chi connectivity index (χ4n) is 2.76. The van der Waals surface area contributed by atoms with Gasteiger partial charge in [0, 0.05) is 37.3 Å². The zero-order chi connectivity index (χ0) is 10.9.